The van der Waals surface area contributed by atoms with Gasteiger partial charge in [-0.15, -0.1) is 24.0 Å². The van der Waals surface area contributed by atoms with E-state index in [1.54, 1.807) is 0 Å². The zero-order valence-corrected chi connectivity index (χ0v) is 13.4. The van der Waals surface area contributed by atoms with Crippen molar-refractivity contribution in [2.45, 2.75) is 38.4 Å². The summed E-state index contributed by atoms with van der Waals surface area (Å²) < 4.78 is 0. The largest absolute Gasteiger partial charge is 0.357 e. The van der Waals surface area contributed by atoms with Gasteiger partial charge in [0.2, 0.25) is 0 Å². The molecule has 1 unspecified atom stereocenters. The molecule has 1 fully saturated rings. The summed E-state index contributed by atoms with van der Waals surface area (Å²) in [6, 6.07) is 0. The first-order valence-corrected chi connectivity index (χ1v) is 7.05. The van der Waals surface area contributed by atoms with Crippen LogP contribution in [-0.4, -0.2) is 36.6 Å². The molecule has 0 bridgehead atoms. The standard InChI is InChI=1S/C11H23N3S.HI/c1-3-7-13-11(12-4-2)14-9-10-6-5-8-15-10;/h10H,3-9H2,1-2H3,(H2,12,13,14);1H. The summed E-state index contributed by atoms with van der Waals surface area (Å²) in [6.07, 6.45) is 3.84. The molecule has 0 radical (unpaired) electrons. The minimum Gasteiger partial charge on any atom is -0.357 e. The molecule has 0 aromatic rings. The zero-order valence-electron chi connectivity index (χ0n) is 10.3. The van der Waals surface area contributed by atoms with Gasteiger partial charge in [-0.1, -0.05) is 6.92 Å². The molecule has 0 spiro atoms. The second-order valence-corrected chi connectivity index (χ2v) is 5.19. The number of nitrogens with zero attached hydrogens (tertiary/aromatic N) is 1. The van der Waals surface area contributed by atoms with Crippen molar-refractivity contribution in [2.75, 3.05) is 25.4 Å². The maximum absolute atomic E-state index is 4.61. The van der Waals surface area contributed by atoms with Gasteiger partial charge >= 0.3 is 0 Å². The molecule has 1 atom stereocenters. The summed E-state index contributed by atoms with van der Waals surface area (Å²) in [7, 11) is 0. The van der Waals surface area contributed by atoms with E-state index in [1.165, 1.54) is 18.6 Å². The predicted molar refractivity (Wildman–Crippen MR) is 85.2 cm³/mol. The van der Waals surface area contributed by atoms with E-state index in [9.17, 15) is 0 Å². The van der Waals surface area contributed by atoms with E-state index in [0.29, 0.717) is 0 Å². The normalized spacial score (nSPS) is 20.4. The Bertz CT molecular complexity index is 194. The van der Waals surface area contributed by atoms with Crippen molar-refractivity contribution in [1.82, 2.24) is 10.6 Å². The third-order valence-corrected chi connectivity index (χ3v) is 3.74. The molecule has 2 N–H and O–H groups in total. The van der Waals surface area contributed by atoms with Gasteiger partial charge in [0, 0.05) is 18.3 Å². The van der Waals surface area contributed by atoms with Crippen molar-refractivity contribution in [3.05, 3.63) is 0 Å². The van der Waals surface area contributed by atoms with Crippen LogP contribution in [0.4, 0.5) is 0 Å². The Hall–Kier alpha value is 0.350. The summed E-state index contributed by atoms with van der Waals surface area (Å²) in [5, 5.41) is 7.35. The van der Waals surface area contributed by atoms with E-state index >= 15 is 0 Å². The minimum absolute atomic E-state index is 0. The van der Waals surface area contributed by atoms with Crippen LogP contribution >= 0.6 is 35.7 Å². The topological polar surface area (TPSA) is 36.4 Å². The van der Waals surface area contributed by atoms with Crippen molar-refractivity contribution in [1.29, 1.82) is 0 Å². The van der Waals surface area contributed by atoms with Crippen molar-refractivity contribution >= 4 is 41.7 Å². The number of thioether (sulfide) groups is 1. The van der Waals surface area contributed by atoms with Gasteiger partial charge in [0.1, 0.15) is 0 Å². The molecule has 5 heteroatoms. The van der Waals surface area contributed by atoms with Crippen LogP contribution < -0.4 is 10.6 Å². The highest BCUT2D eigenvalue weighted by molar-refractivity contribution is 14.0. The van der Waals surface area contributed by atoms with Crippen LogP contribution in [0.25, 0.3) is 0 Å². The highest BCUT2D eigenvalue weighted by Crippen LogP contribution is 2.25. The molecule has 96 valence electrons. The van der Waals surface area contributed by atoms with Crippen LogP contribution in [0.3, 0.4) is 0 Å². The van der Waals surface area contributed by atoms with Gasteiger partial charge < -0.3 is 10.6 Å². The van der Waals surface area contributed by atoms with Crippen molar-refractivity contribution < 1.29 is 0 Å². The summed E-state index contributed by atoms with van der Waals surface area (Å²) >= 11 is 2.06. The van der Waals surface area contributed by atoms with Gasteiger partial charge in [-0.05, 0) is 31.9 Å². The molecular formula is C11H24IN3S. The molecule has 0 aromatic carbocycles. The predicted octanol–water partition coefficient (Wildman–Crippen LogP) is 2.47. The average molecular weight is 357 g/mol. The number of hydrogen-bond donors (Lipinski definition) is 2. The minimum atomic E-state index is 0. The molecule has 0 amide bonds. The van der Waals surface area contributed by atoms with Gasteiger partial charge in [0.15, 0.2) is 5.96 Å². The first kappa shape index (κ1) is 16.4. The molecule has 1 saturated heterocycles. The second kappa shape index (κ2) is 10.5. The van der Waals surface area contributed by atoms with Crippen molar-refractivity contribution in [3.63, 3.8) is 0 Å². The van der Waals surface area contributed by atoms with E-state index in [1.807, 2.05) is 0 Å². The molecule has 0 saturated carbocycles. The number of hydrogen-bond acceptors (Lipinski definition) is 2. The van der Waals surface area contributed by atoms with Gasteiger partial charge in [-0.25, -0.2) is 0 Å². The quantitative estimate of drug-likeness (QED) is 0.451. The number of rotatable bonds is 5. The molecule has 1 aliphatic heterocycles. The number of guanidine groups is 1. The smallest absolute Gasteiger partial charge is 0.191 e. The monoisotopic (exact) mass is 357 g/mol. The van der Waals surface area contributed by atoms with Gasteiger partial charge in [-0.2, -0.15) is 11.8 Å². The zero-order chi connectivity index (χ0) is 10.9. The number of aliphatic imine (C=N–C) groups is 1. The lowest BCUT2D eigenvalue weighted by Crippen LogP contribution is -2.38. The number of halogens is 1. The third kappa shape index (κ3) is 6.83. The molecule has 1 rings (SSSR count). The van der Waals surface area contributed by atoms with Gasteiger partial charge in [0.25, 0.3) is 0 Å². The Morgan fingerprint density at radius 1 is 1.38 bits per heavy atom. The molecule has 1 heterocycles. The Balaban J connectivity index is 0.00000225. The van der Waals surface area contributed by atoms with Gasteiger partial charge in [0.05, 0.1) is 6.54 Å². The van der Waals surface area contributed by atoms with E-state index in [2.05, 4.69) is 41.2 Å². The fourth-order valence-corrected chi connectivity index (χ4v) is 2.75. The molecular weight excluding hydrogens is 333 g/mol. The maximum Gasteiger partial charge on any atom is 0.191 e. The van der Waals surface area contributed by atoms with Gasteiger partial charge in [-0.3, -0.25) is 4.99 Å². The third-order valence-electron chi connectivity index (χ3n) is 2.36. The second-order valence-electron chi connectivity index (χ2n) is 3.78. The SMILES string of the molecule is CCCNC(=NCC1CCCS1)NCC.I. The maximum atomic E-state index is 4.61. The summed E-state index contributed by atoms with van der Waals surface area (Å²) in [5.41, 5.74) is 0. The fourth-order valence-electron chi connectivity index (χ4n) is 1.57. The fraction of sp³-hybridized carbons (Fsp3) is 0.909. The first-order chi connectivity index (χ1) is 7.36. The van der Waals surface area contributed by atoms with E-state index < -0.39 is 0 Å². The highest BCUT2D eigenvalue weighted by atomic mass is 127. The average Bonchev–Trinajstić information content (AvgIpc) is 2.75. The molecule has 16 heavy (non-hydrogen) atoms. The van der Waals surface area contributed by atoms with E-state index in [-0.39, 0.29) is 24.0 Å². The van der Waals surface area contributed by atoms with Crippen molar-refractivity contribution in [2.24, 2.45) is 4.99 Å². The Labute approximate surface area is 121 Å². The van der Waals surface area contributed by atoms with E-state index in [0.717, 1.165) is 37.3 Å². The van der Waals surface area contributed by atoms with Crippen molar-refractivity contribution in [3.8, 4) is 0 Å². The van der Waals surface area contributed by atoms with Crippen LogP contribution in [0.5, 0.6) is 0 Å². The van der Waals surface area contributed by atoms with Crippen LogP contribution in [0.15, 0.2) is 4.99 Å². The summed E-state index contributed by atoms with van der Waals surface area (Å²) in [5.74, 6) is 2.30. The first-order valence-electron chi connectivity index (χ1n) is 6.00. The molecule has 3 nitrogen and oxygen atoms in total. The highest BCUT2D eigenvalue weighted by Gasteiger charge is 2.14. The molecule has 1 aliphatic rings. The summed E-state index contributed by atoms with van der Waals surface area (Å²) in [4.78, 5) is 4.61. The lowest BCUT2D eigenvalue weighted by Gasteiger charge is -2.11. The van der Waals surface area contributed by atoms with Crippen LogP contribution in [0.2, 0.25) is 0 Å². The lowest BCUT2D eigenvalue weighted by molar-refractivity contribution is 0.756. The number of nitrogens with one attached hydrogen (secondary N) is 2. The van der Waals surface area contributed by atoms with Crippen LogP contribution in [0.1, 0.15) is 33.1 Å². The molecule has 0 aliphatic carbocycles. The Morgan fingerprint density at radius 3 is 2.75 bits per heavy atom. The molecule has 0 aromatic heterocycles. The Morgan fingerprint density at radius 2 is 2.19 bits per heavy atom. The van der Waals surface area contributed by atoms with Crippen LogP contribution in [0, 0.1) is 0 Å². The lowest BCUT2D eigenvalue weighted by atomic mass is 10.2. The summed E-state index contributed by atoms with van der Waals surface area (Å²) in [6.45, 7) is 7.18. The van der Waals surface area contributed by atoms with Crippen LogP contribution in [-0.2, 0) is 0 Å². The van der Waals surface area contributed by atoms with E-state index in [4.69, 9.17) is 0 Å². The Kier molecular flexibility index (Phi) is 10.7.